The highest BCUT2D eigenvalue weighted by Gasteiger charge is 2.23. The summed E-state index contributed by atoms with van der Waals surface area (Å²) in [5.41, 5.74) is 12.1. The van der Waals surface area contributed by atoms with E-state index < -0.39 is 23.7 Å². The number of amidine groups is 1. The SMILES string of the molecule is CCOc1cc(C(Nc2ccc(C(=N)N)cc2)C(=O)NNC(=O)c2ccc(F)cc2)ccc1OC(C)C. The lowest BCUT2D eigenvalue weighted by atomic mass is 10.0. The highest BCUT2D eigenvalue weighted by atomic mass is 19.1. The maximum atomic E-state index is 13.3. The van der Waals surface area contributed by atoms with Gasteiger partial charge in [0.05, 0.1) is 12.7 Å². The lowest BCUT2D eigenvalue weighted by molar-refractivity contribution is -0.122. The Morgan fingerprint density at radius 2 is 1.59 bits per heavy atom. The molecule has 0 aliphatic heterocycles. The molecule has 10 heteroatoms. The molecule has 0 saturated heterocycles. The van der Waals surface area contributed by atoms with Crippen molar-refractivity contribution in [1.82, 2.24) is 10.9 Å². The van der Waals surface area contributed by atoms with Crippen molar-refractivity contribution in [2.75, 3.05) is 11.9 Å². The number of benzene rings is 3. The first-order valence-electron chi connectivity index (χ1n) is 11.7. The Balaban J connectivity index is 1.88. The number of halogens is 1. The molecular formula is C27H30FN5O4. The number of amides is 2. The Morgan fingerprint density at radius 1 is 0.946 bits per heavy atom. The molecule has 0 bridgehead atoms. The fourth-order valence-electron chi connectivity index (χ4n) is 3.40. The van der Waals surface area contributed by atoms with Crippen LogP contribution in [-0.2, 0) is 4.79 Å². The van der Waals surface area contributed by atoms with E-state index in [-0.39, 0.29) is 17.5 Å². The number of nitrogens with two attached hydrogens (primary N) is 1. The van der Waals surface area contributed by atoms with E-state index in [2.05, 4.69) is 16.2 Å². The second-order valence-corrected chi connectivity index (χ2v) is 8.32. The van der Waals surface area contributed by atoms with Crippen LogP contribution in [0.2, 0.25) is 0 Å². The first-order chi connectivity index (χ1) is 17.7. The predicted molar refractivity (Wildman–Crippen MR) is 139 cm³/mol. The summed E-state index contributed by atoms with van der Waals surface area (Å²) in [5.74, 6) is -0.715. The van der Waals surface area contributed by atoms with Gasteiger partial charge in [0.2, 0.25) is 0 Å². The summed E-state index contributed by atoms with van der Waals surface area (Å²) in [5, 5.41) is 10.7. The van der Waals surface area contributed by atoms with Gasteiger partial charge in [0.15, 0.2) is 11.5 Å². The first kappa shape index (κ1) is 27.0. The highest BCUT2D eigenvalue weighted by Crippen LogP contribution is 2.32. The van der Waals surface area contributed by atoms with Gasteiger partial charge in [-0.05, 0) is 87.0 Å². The van der Waals surface area contributed by atoms with Gasteiger partial charge in [-0.2, -0.15) is 0 Å². The van der Waals surface area contributed by atoms with Crippen molar-refractivity contribution in [3.05, 3.63) is 89.2 Å². The van der Waals surface area contributed by atoms with Crippen LogP contribution in [0.4, 0.5) is 10.1 Å². The molecule has 37 heavy (non-hydrogen) atoms. The summed E-state index contributed by atoms with van der Waals surface area (Å²) in [7, 11) is 0. The van der Waals surface area contributed by atoms with Crippen molar-refractivity contribution in [3.63, 3.8) is 0 Å². The molecule has 6 N–H and O–H groups in total. The minimum atomic E-state index is -0.955. The van der Waals surface area contributed by atoms with Gasteiger partial charge in [-0.25, -0.2) is 4.39 Å². The van der Waals surface area contributed by atoms with Crippen LogP contribution >= 0.6 is 0 Å². The molecule has 194 valence electrons. The van der Waals surface area contributed by atoms with E-state index in [1.165, 1.54) is 12.1 Å². The van der Waals surface area contributed by atoms with Crippen LogP contribution in [0.5, 0.6) is 11.5 Å². The van der Waals surface area contributed by atoms with Gasteiger partial charge in [0.1, 0.15) is 17.7 Å². The Hall–Kier alpha value is -4.60. The summed E-state index contributed by atoms with van der Waals surface area (Å²) in [6, 6.07) is 15.8. The average Bonchev–Trinajstić information content (AvgIpc) is 2.87. The molecule has 3 rings (SSSR count). The van der Waals surface area contributed by atoms with E-state index in [4.69, 9.17) is 20.6 Å². The van der Waals surface area contributed by atoms with E-state index in [1.54, 1.807) is 42.5 Å². The molecule has 0 aromatic heterocycles. The Bertz CT molecular complexity index is 1250. The molecule has 2 amide bonds. The van der Waals surface area contributed by atoms with Gasteiger partial charge in [-0.3, -0.25) is 25.8 Å². The van der Waals surface area contributed by atoms with E-state index in [9.17, 15) is 14.0 Å². The summed E-state index contributed by atoms with van der Waals surface area (Å²) in [6.45, 7) is 6.03. The number of hydrazine groups is 1. The van der Waals surface area contributed by atoms with E-state index in [0.29, 0.717) is 34.9 Å². The largest absolute Gasteiger partial charge is 0.490 e. The Labute approximate surface area is 214 Å². The maximum absolute atomic E-state index is 13.3. The number of rotatable bonds is 10. The number of carbonyl (C=O) groups is 2. The second-order valence-electron chi connectivity index (χ2n) is 8.32. The molecule has 0 saturated carbocycles. The summed E-state index contributed by atoms with van der Waals surface area (Å²) >= 11 is 0. The fraction of sp³-hybridized carbons (Fsp3) is 0.222. The van der Waals surface area contributed by atoms with E-state index in [1.807, 2.05) is 20.8 Å². The quantitative estimate of drug-likeness (QED) is 0.160. The van der Waals surface area contributed by atoms with Gasteiger partial charge in [-0.1, -0.05) is 6.07 Å². The molecule has 1 atom stereocenters. The number of nitrogen functional groups attached to an aromatic ring is 1. The summed E-state index contributed by atoms with van der Waals surface area (Å²) in [6.07, 6.45) is -0.0799. The third-order valence-electron chi connectivity index (χ3n) is 5.14. The van der Waals surface area contributed by atoms with Crippen molar-refractivity contribution in [1.29, 1.82) is 5.41 Å². The zero-order chi connectivity index (χ0) is 26.9. The molecule has 0 aliphatic carbocycles. The molecule has 3 aromatic rings. The zero-order valence-electron chi connectivity index (χ0n) is 20.8. The summed E-state index contributed by atoms with van der Waals surface area (Å²) < 4.78 is 24.7. The summed E-state index contributed by atoms with van der Waals surface area (Å²) in [4.78, 5) is 25.7. The Kier molecular flexibility index (Phi) is 9.04. The number of hydrogen-bond acceptors (Lipinski definition) is 6. The lowest BCUT2D eigenvalue weighted by Gasteiger charge is -2.22. The standard InChI is InChI=1S/C27H30FN5O4/c1-4-36-23-15-19(9-14-22(23)37-16(2)3)24(31-21-12-7-17(8-13-21)25(29)30)27(35)33-32-26(34)18-5-10-20(28)11-6-18/h5-16,24,31H,4H2,1-3H3,(H3,29,30)(H,32,34)(H,33,35). The predicted octanol–water partition coefficient (Wildman–Crippen LogP) is 3.91. The normalized spacial score (nSPS) is 11.4. The van der Waals surface area contributed by atoms with Gasteiger partial charge in [0, 0.05) is 16.8 Å². The number of hydrogen-bond donors (Lipinski definition) is 5. The van der Waals surface area contributed by atoms with E-state index in [0.717, 1.165) is 12.1 Å². The molecule has 0 radical (unpaired) electrons. The molecule has 9 nitrogen and oxygen atoms in total. The average molecular weight is 508 g/mol. The van der Waals surface area contributed by atoms with Gasteiger partial charge in [0.25, 0.3) is 11.8 Å². The smallest absolute Gasteiger partial charge is 0.269 e. The zero-order valence-corrected chi connectivity index (χ0v) is 20.8. The van der Waals surface area contributed by atoms with Crippen molar-refractivity contribution >= 4 is 23.3 Å². The van der Waals surface area contributed by atoms with Crippen molar-refractivity contribution < 1.29 is 23.5 Å². The van der Waals surface area contributed by atoms with Crippen LogP contribution in [0.1, 0.15) is 48.3 Å². The minimum absolute atomic E-state index is 0.0774. The molecule has 1 unspecified atom stereocenters. The fourth-order valence-corrected chi connectivity index (χ4v) is 3.40. The van der Waals surface area contributed by atoms with Gasteiger partial charge >= 0.3 is 0 Å². The second kappa shape index (κ2) is 12.4. The van der Waals surface area contributed by atoms with Gasteiger partial charge in [-0.15, -0.1) is 0 Å². The topological polar surface area (TPSA) is 139 Å². The van der Waals surface area contributed by atoms with Crippen molar-refractivity contribution in [3.8, 4) is 11.5 Å². The number of ether oxygens (including phenoxy) is 2. The maximum Gasteiger partial charge on any atom is 0.269 e. The molecule has 3 aromatic carbocycles. The Morgan fingerprint density at radius 3 is 2.19 bits per heavy atom. The minimum Gasteiger partial charge on any atom is -0.490 e. The molecular weight excluding hydrogens is 477 g/mol. The van der Waals surface area contributed by atoms with Crippen LogP contribution in [0.15, 0.2) is 66.7 Å². The van der Waals surface area contributed by atoms with Crippen LogP contribution in [0, 0.1) is 11.2 Å². The third-order valence-corrected chi connectivity index (χ3v) is 5.14. The van der Waals surface area contributed by atoms with Crippen LogP contribution in [-0.4, -0.2) is 30.4 Å². The number of nitrogens with one attached hydrogen (secondary N) is 4. The van der Waals surface area contributed by atoms with Crippen molar-refractivity contribution in [2.45, 2.75) is 32.9 Å². The third kappa shape index (κ3) is 7.44. The number of anilines is 1. The van der Waals surface area contributed by atoms with Crippen LogP contribution < -0.4 is 31.4 Å². The number of carbonyl (C=O) groups excluding carboxylic acids is 2. The first-order valence-corrected chi connectivity index (χ1v) is 11.7. The molecule has 0 heterocycles. The van der Waals surface area contributed by atoms with Crippen LogP contribution in [0.25, 0.3) is 0 Å². The van der Waals surface area contributed by atoms with Gasteiger partial charge < -0.3 is 20.5 Å². The van der Waals surface area contributed by atoms with E-state index >= 15 is 0 Å². The lowest BCUT2D eigenvalue weighted by Crippen LogP contribution is -2.45. The molecule has 0 aliphatic rings. The van der Waals surface area contributed by atoms with Crippen LogP contribution in [0.3, 0.4) is 0 Å². The monoisotopic (exact) mass is 507 g/mol. The molecule has 0 fully saturated rings. The van der Waals surface area contributed by atoms with Crippen molar-refractivity contribution in [2.24, 2.45) is 5.73 Å². The highest BCUT2D eigenvalue weighted by molar-refractivity contribution is 5.97. The molecule has 0 spiro atoms.